The molecule has 0 saturated carbocycles. The van der Waals surface area contributed by atoms with Crippen molar-refractivity contribution in [1.82, 2.24) is 5.32 Å². The Morgan fingerprint density at radius 3 is 2.30 bits per heavy atom. The molecule has 0 aliphatic heterocycles. The number of carboxylic acid groups (broad SMARTS) is 2. The quantitative estimate of drug-likeness (QED) is 0.497. The van der Waals surface area contributed by atoms with Gasteiger partial charge >= 0.3 is 17.6 Å². The first-order valence-electron chi connectivity index (χ1n) is 6.02. The van der Waals surface area contributed by atoms with Crippen LogP contribution in [0.5, 0.6) is 0 Å². The summed E-state index contributed by atoms with van der Waals surface area (Å²) in [6.45, 7) is 0. The lowest BCUT2D eigenvalue weighted by atomic mass is 10.1. The molecule has 1 unspecified atom stereocenters. The third kappa shape index (κ3) is 4.69. The van der Waals surface area contributed by atoms with Gasteiger partial charge in [0.1, 0.15) is 11.9 Å². The minimum absolute atomic E-state index is 0.192. The fourth-order valence-corrected chi connectivity index (χ4v) is 1.61. The van der Waals surface area contributed by atoms with Gasteiger partial charge in [-0.1, -0.05) is 0 Å². The highest BCUT2D eigenvalue weighted by molar-refractivity contribution is 5.97. The Bertz CT molecular complexity index is 678. The Morgan fingerprint density at radius 2 is 1.83 bits per heavy atom. The maximum absolute atomic E-state index is 13.6. The first-order valence-corrected chi connectivity index (χ1v) is 6.02. The SMILES string of the molecule is O=C(O)CCC(NC(=O)c1cc(F)c([N+](=O)[O-])cc1F)C(=O)O. The number of carboxylic acids is 2. The van der Waals surface area contributed by atoms with Crippen molar-refractivity contribution < 1.29 is 38.3 Å². The second-order valence-corrected chi connectivity index (χ2v) is 4.34. The summed E-state index contributed by atoms with van der Waals surface area (Å²) >= 11 is 0. The van der Waals surface area contributed by atoms with Crippen LogP contribution in [0.2, 0.25) is 0 Å². The van der Waals surface area contributed by atoms with Crippen LogP contribution in [0.1, 0.15) is 23.2 Å². The maximum atomic E-state index is 13.6. The molecular formula is C12H10F2N2O7. The van der Waals surface area contributed by atoms with E-state index in [4.69, 9.17) is 10.2 Å². The molecule has 0 aliphatic carbocycles. The van der Waals surface area contributed by atoms with Crippen molar-refractivity contribution in [3.63, 3.8) is 0 Å². The van der Waals surface area contributed by atoms with Crippen LogP contribution in [0.4, 0.5) is 14.5 Å². The molecule has 9 nitrogen and oxygen atoms in total. The summed E-state index contributed by atoms with van der Waals surface area (Å²) in [6.07, 6.45) is -1.05. The zero-order valence-electron chi connectivity index (χ0n) is 11.3. The number of amides is 1. The number of carbonyl (C=O) groups is 3. The zero-order valence-corrected chi connectivity index (χ0v) is 11.3. The van der Waals surface area contributed by atoms with Crippen molar-refractivity contribution in [3.05, 3.63) is 39.4 Å². The number of halogens is 2. The van der Waals surface area contributed by atoms with E-state index in [-0.39, 0.29) is 12.1 Å². The lowest BCUT2D eigenvalue weighted by Crippen LogP contribution is -2.41. The molecular weight excluding hydrogens is 322 g/mol. The molecule has 0 aliphatic rings. The number of rotatable bonds is 7. The number of hydrogen-bond donors (Lipinski definition) is 3. The van der Waals surface area contributed by atoms with Gasteiger partial charge < -0.3 is 15.5 Å². The molecule has 0 spiro atoms. The van der Waals surface area contributed by atoms with E-state index in [2.05, 4.69) is 0 Å². The van der Waals surface area contributed by atoms with Gasteiger partial charge in [0.2, 0.25) is 5.82 Å². The molecule has 1 atom stereocenters. The monoisotopic (exact) mass is 332 g/mol. The van der Waals surface area contributed by atoms with Gasteiger partial charge in [-0.3, -0.25) is 19.7 Å². The minimum atomic E-state index is -1.64. The van der Waals surface area contributed by atoms with Crippen molar-refractivity contribution in [2.45, 2.75) is 18.9 Å². The Morgan fingerprint density at radius 1 is 1.22 bits per heavy atom. The van der Waals surface area contributed by atoms with Crippen LogP contribution in [-0.2, 0) is 9.59 Å². The van der Waals surface area contributed by atoms with Crippen LogP contribution in [0.3, 0.4) is 0 Å². The topological polar surface area (TPSA) is 147 Å². The van der Waals surface area contributed by atoms with Crippen molar-refractivity contribution in [2.75, 3.05) is 0 Å². The summed E-state index contributed by atoms with van der Waals surface area (Å²) in [6, 6.07) is -1.19. The van der Waals surface area contributed by atoms with Crippen LogP contribution in [0.25, 0.3) is 0 Å². The zero-order chi connectivity index (χ0) is 17.7. The third-order valence-corrected chi connectivity index (χ3v) is 2.73. The summed E-state index contributed by atoms with van der Waals surface area (Å²) in [5.41, 5.74) is -2.12. The lowest BCUT2D eigenvalue weighted by molar-refractivity contribution is -0.387. The number of hydrogen-bond acceptors (Lipinski definition) is 5. The lowest BCUT2D eigenvalue weighted by Gasteiger charge is -2.13. The molecule has 0 radical (unpaired) electrons. The summed E-state index contributed by atoms with van der Waals surface area (Å²) in [5, 5.41) is 29.6. The van der Waals surface area contributed by atoms with Crippen LogP contribution in [-0.4, -0.2) is 39.0 Å². The molecule has 0 heterocycles. The Hall–Kier alpha value is -3.11. The molecule has 1 rings (SSSR count). The average Bonchev–Trinajstić information content (AvgIpc) is 2.44. The molecule has 1 amide bonds. The molecule has 1 aromatic rings. The summed E-state index contributed by atoms with van der Waals surface area (Å²) < 4.78 is 27.0. The summed E-state index contributed by atoms with van der Waals surface area (Å²) in [7, 11) is 0. The van der Waals surface area contributed by atoms with Crippen LogP contribution < -0.4 is 5.32 Å². The molecule has 0 aromatic heterocycles. The van der Waals surface area contributed by atoms with Gasteiger partial charge in [-0.2, -0.15) is 4.39 Å². The molecule has 0 fully saturated rings. The van der Waals surface area contributed by atoms with Gasteiger partial charge in [0.05, 0.1) is 16.6 Å². The minimum Gasteiger partial charge on any atom is -0.481 e. The fourth-order valence-electron chi connectivity index (χ4n) is 1.61. The first-order chi connectivity index (χ1) is 10.6. The van der Waals surface area contributed by atoms with Crippen LogP contribution in [0.15, 0.2) is 12.1 Å². The van der Waals surface area contributed by atoms with E-state index in [9.17, 15) is 33.3 Å². The van der Waals surface area contributed by atoms with Crippen LogP contribution in [0, 0.1) is 21.7 Å². The fraction of sp³-hybridized carbons (Fsp3) is 0.250. The average molecular weight is 332 g/mol. The number of carbonyl (C=O) groups excluding carboxylic acids is 1. The van der Waals surface area contributed by atoms with Crippen LogP contribution >= 0.6 is 0 Å². The van der Waals surface area contributed by atoms with E-state index in [1.165, 1.54) is 0 Å². The smallest absolute Gasteiger partial charge is 0.326 e. The van der Waals surface area contributed by atoms with E-state index >= 15 is 0 Å². The Balaban J connectivity index is 3.00. The highest BCUT2D eigenvalue weighted by atomic mass is 19.1. The molecule has 11 heteroatoms. The van der Waals surface area contributed by atoms with E-state index in [0.717, 1.165) is 0 Å². The Kier molecular flexibility index (Phi) is 5.65. The van der Waals surface area contributed by atoms with Gasteiger partial charge in [0.25, 0.3) is 5.91 Å². The summed E-state index contributed by atoms with van der Waals surface area (Å²) in [5.74, 6) is -7.11. The number of nitro benzene ring substituents is 1. The van der Waals surface area contributed by atoms with Crippen molar-refractivity contribution in [2.24, 2.45) is 0 Å². The number of nitrogens with one attached hydrogen (secondary N) is 1. The predicted octanol–water partition coefficient (Wildman–Crippen LogP) is 0.921. The standard InChI is InChI=1S/C12H10F2N2O7/c13-6-4-9(16(22)23)7(14)3-5(6)11(19)15-8(12(20)21)1-2-10(17)18/h3-4,8H,1-2H2,(H,15,19)(H,17,18)(H,20,21). The van der Waals surface area contributed by atoms with E-state index in [1.54, 1.807) is 0 Å². The number of aliphatic carboxylic acids is 2. The van der Waals surface area contributed by atoms with Gasteiger partial charge in [0.15, 0.2) is 0 Å². The van der Waals surface area contributed by atoms with Crippen molar-refractivity contribution in [1.29, 1.82) is 0 Å². The second kappa shape index (κ2) is 7.24. The van der Waals surface area contributed by atoms with Crippen molar-refractivity contribution >= 4 is 23.5 Å². The van der Waals surface area contributed by atoms with E-state index in [1.807, 2.05) is 5.32 Å². The van der Waals surface area contributed by atoms with Crippen molar-refractivity contribution in [3.8, 4) is 0 Å². The number of nitrogens with zero attached hydrogens (tertiary/aromatic N) is 1. The third-order valence-electron chi connectivity index (χ3n) is 2.73. The molecule has 0 bridgehead atoms. The highest BCUT2D eigenvalue weighted by Gasteiger charge is 2.26. The molecule has 124 valence electrons. The molecule has 1 aromatic carbocycles. The largest absolute Gasteiger partial charge is 0.481 e. The van der Waals surface area contributed by atoms with E-state index in [0.29, 0.717) is 0 Å². The van der Waals surface area contributed by atoms with Gasteiger partial charge in [-0.25, -0.2) is 9.18 Å². The number of benzene rings is 1. The normalized spacial score (nSPS) is 11.6. The van der Waals surface area contributed by atoms with E-state index < -0.39 is 64.5 Å². The maximum Gasteiger partial charge on any atom is 0.326 e. The van der Waals surface area contributed by atoms with Gasteiger partial charge in [-0.05, 0) is 12.5 Å². The Labute approximate surface area is 126 Å². The van der Waals surface area contributed by atoms with Gasteiger partial charge in [0, 0.05) is 6.42 Å². The molecule has 23 heavy (non-hydrogen) atoms. The molecule has 3 N–H and O–H groups in total. The predicted molar refractivity (Wildman–Crippen MR) is 68.8 cm³/mol. The summed E-state index contributed by atoms with van der Waals surface area (Å²) in [4.78, 5) is 42.3. The molecule has 0 saturated heterocycles. The highest BCUT2D eigenvalue weighted by Crippen LogP contribution is 2.21. The second-order valence-electron chi connectivity index (χ2n) is 4.34. The first kappa shape index (κ1) is 17.9. The number of nitro groups is 1. The van der Waals surface area contributed by atoms with Gasteiger partial charge in [-0.15, -0.1) is 0 Å².